The number of rotatable bonds is 3. The van der Waals surface area contributed by atoms with Crippen molar-refractivity contribution in [1.82, 2.24) is 14.8 Å². The van der Waals surface area contributed by atoms with Crippen molar-refractivity contribution >= 4 is 11.7 Å². The van der Waals surface area contributed by atoms with E-state index in [1.54, 1.807) is 6.20 Å². The number of morpholine rings is 2. The van der Waals surface area contributed by atoms with Gasteiger partial charge in [0.2, 0.25) is 0 Å². The van der Waals surface area contributed by atoms with Crippen LogP contribution in [0.15, 0.2) is 18.3 Å². The van der Waals surface area contributed by atoms with E-state index in [0.717, 1.165) is 71.1 Å². The molecule has 1 aromatic heterocycles. The fraction of sp³-hybridized carbons (Fsp3) is 0.714. The maximum atomic E-state index is 12.9. The van der Waals surface area contributed by atoms with Crippen molar-refractivity contribution < 1.29 is 14.3 Å². The molecule has 7 nitrogen and oxygen atoms in total. The Labute approximate surface area is 167 Å². The van der Waals surface area contributed by atoms with Crippen LogP contribution in [0.5, 0.6) is 0 Å². The Morgan fingerprint density at radius 3 is 2.46 bits per heavy atom. The molecule has 1 aromatic rings. The summed E-state index contributed by atoms with van der Waals surface area (Å²) in [5.41, 5.74) is 0.514. The van der Waals surface area contributed by atoms with E-state index in [4.69, 9.17) is 9.47 Å². The molecule has 0 bridgehead atoms. The van der Waals surface area contributed by atoms with Gasteiger partial charge in [0, 0.05) is 51.5 Å². The number of ether oxygens (including phenoxy) is 2. The summed E-state index contributed by atoms with van der Waals surface area (Å²) in [4.78, 5) is 24.2. The SMILES string of the molecule is CC1(C)CN(c2ccc(C(=O)N3CCC(N4CCOCC4)CC3)cn2)CCO1. The van der Waals surface area contributed by atoms with Gasteiger partial charge in [-0.1, -0.05) is 0 Å². The lowest BCUT2D eigenvalue weighted by atomic mass is 10.0. The van der Waals surface area contributed by atoms with Gasteiger partial charge in [-0.15, -0.1) is 0 Å². The zero-order valence-corrected chi connectivity index (χ0v) is 17.1. The van der Waals surface area contributed by atoms with Crippen molar-refractivity contribution in [1.29, 1.82) is 0 Å². The van der Waals surface area contributed by atoms with Crippen LogP contribution < -0.4 is 4.90 Å². The van der Waals surface area contributed by atoms with E-state index in [1.165, 1.54) is 0 Å². The Hall–Kier alpha value is -1.70. The normalized spacial score (nSPS) is 24.4. The Balaban J connectivity index is 1.32. The maximum Gasteiger partial charge on any atom is 0.255 e. The second-order valence-electron chi connectivity index (χ2n) is 8.61. The number of amides is 1. The Kier molecular flexibility index (Phi) is 5.85. The molecule has 154 valence electrons. The van der Waals surface area contributed by atoms with Crippen LogP contribution in [-0.2, 0) is 9.47 Å². The van der Waals surface area contributed by atoms with E-state index >= 15 is 0 Å². The quantitative estimate of drug-likeness (QED) is 0.785. The van der Waals surface area contributed by atoms with Gasteiger partial charge in [-0.2, -0.15) is 0 Å². The summed E-state index contributed by atoms with van der Waals surface area (Å²) in [5, 5.41) is 0. The van der Waals surface area contributed by atoms with Crippen LogP contribution in [-0.4, -0.2) is 91.4 Å². The number of likely N-dealkylation sites (tertiary alicyclic amines) is 1. The van der Waals surface area contributed by atoms with Gasteiger partial charge >= 0.3 is 0 Å². The summed E-state index contributed by atoms with van der Waals surface area (Å²) >= 11 is 0. The van der Waals surface area contributed by atoms with Gasteiger partial charge in [0.05, 0.1) is 31.0 Å². The zero-order chi connectivity index (χ0) is 19.6. The minimum Gasteiger partial charge on any atom is -0.379 e. The molecule has 28 heavy (non-hydrogen) atoms. The number of hydrogen-bond acceptors (Lipinski definition) is 6. The van der Waals surface area contributed by atoms with Gasteiger partial charge in [0.25, 0.3) is 5.91 Å². The number of aromatic nitrogens is 1. The number of piperidine rings is 1. The summed E-state index contributed by atoms with van der Waals surface area (Å²) in [6.07, 6.45) is 3.81. The summed E-state index contributed by atoms with van der Waals surface area (Å²) in [6.45, 7) is 11.9. The molecule has 4 heterocycles. The third-order valence-corrected chi connectivity index (χ3v) is 6.06. The number of pyridine rings is 1. The van der Waals surface area contributed by atoms with Gasteiger partial charge < -0.3 is 19.3 Å². The maximum absolute atomic E-state index is 12.9. The molecule has 0 aromatic carbocycles. The van der Waals surface area contributed by atoms with Crippen molar-refractivity contribution in [2.45, 2.75) is 38.3 Å². The van der Waals surface area contributed by atoms with Crippen molar-refractivity contribution in [3.8, 4) is 0 Å². The van der Waals surface area contributed by atoms with Crippen LogP contribution in [0.2, 0.25) is 0 Å². The molecule has 0 saturated carbocycles. The van der Waals surface area contributed by atoms with Gasteiger partial charge in [0.1, 0.15) is 5.82 Å². The van der Waals surface area contributed by atoms with Crippen LogP contribution >= 0.6 is 0 Å². The molecular formula is C21H32N4O3. The van der Waals surface area contributed by atoms with Crippen molar-refractivity contribution in [3.63, 3.8) is 0 Å². The van der Waals surface area contributed by atoms with Crippen molar-refractivity contribution in [2.24, 2.45) is 0 Å². The molecule has 3 saturated heterocycles. The molecule has 1 amide bonds. The van der Waals surface area contributed by atoms with E-state index in [-0.39, 0.29) is 11.5 Å². The molecule has 0 unspecified atom stereocenters. The first-order valence-electron chi connectivity index (χ1n) is 10.5. The Morgan fingerprint density at radius 2 is 1.82 bits per heavy atom. The van der Waals surface area contributed by atoms with E-state index in [1.807, 2.05) is 17.0 Å². The predicted octanol–water partition coefficient (Wildman–Crippen LogP) is 1.63. The minimum absolute atomic E-state index is 0.0989. The van der Waals surface area contributed by atoms with Crippen molar-refractivity contribution in [3.05, 3.63) is 23.9 Å². The number of anilines is 1. The fourth-order valence-corrected chi connectivity index (χ4v) is 4.47. The smallest absolute Gasteiger partial charge is 0.255 e. The van der Waals surface area contributed by atoms with E-state index in [2.05, 4.69) is 28.6 Å². The lowest BCUT2D eigenvalue weighted by molar-refractivity contribution is -0.0279. The third kappa shape index (κ3) is 4.47. The second kappa shape index (κ2) is 8.35. The summed E-state index contributed by atoms with van der Waals surface area (Å²) in [5.74, 6) is 1.01. The first-order valence-corrected chi connectivity index (χ1v) is 10.5. The molecule has 3 aliphatic rings. The molecule has 0 radical (unpaired) electrons. The summed E-state index contributed by atoms with van der Waals surface area (Å²) in [7, 11) is 0. The molecule has 0 atom stereocenters. The van der Waals surface area contributed by atoms with Gasteiger partial charge in [-0.05, 0) is 38.8 Å². The predicted molar refractivity (Wildman–Crippen MR) is 108 cm³/mol. The summed E-state index contributed by atoms with van der Waals surface area (Å²) in [6, 6.07) is 4.47. The second-order valence-corrected chi connectivity index (χ2v) is 8.61. The number of hydrogen-bond donors (Lipinski definition) is 0. The molecule has 3 aliphatic heterocycles. The number of carbonyl (C=O) groups excluding carboxylic acids is 1. The van der Waals surface area contributed by atoms with Crippen LogP contribution in [0.1, 0.15) is 37.0 Å². The van der Waals surface area contributed by atoms with Gasteiger partial charge in [-0.3, -0.25) is 9.69 Å². The Bertz CT molecular complexity index is 665. The van der Waals surface area contributed by atoms with Gasteiger partial charge in [0.15, 0.2) is 0 Å². The van der Waals surface area contributed by atoms with Crippen LogP contribution in [0.25, 0.3) is 0 Å². The largest absolute Gasteiger partial charge is 0.379 e. The molecular weight excluding hydrogens is 356 g/mol. The van der Waals surface area contributed by atoms with Crippen molar-refractivity contribution in [2.75, 3.05) is 64.0 Å². The van der Waals surface area contributed by atoms with Crippen LogP contribution in [0, 0.1) is 0 Å². The molecule has 3 fully saturated rings. The fourth-order valence-electron chi connectivity index (χ4n) is 4.47. The van der Waals surface area contributed by atoms with Crippen LogP contribution in [0.4, 0.5) is 5.82 Å². The highest BCUT2D eigenvalue weighted by molar-refractivity contribution is 5.94. The average Bonchev–Trinajstić information content (AvgIpc) is 2.73. The number of nitrogens with zero attached hydrogens (tertiary/aromatic N) is 4. The molecule has 0 N–H and O–H groups in total. The summed E-state index contributed by atoms with van der Waals surface area (Å²) < 4.78 is 11.2. The highest BCUT2D eigenvalue weighted by Crippen LogP contribution is 2.23. The molecule has 0 spiro atoms. The van der Waals surface area contributed by atoms with Crippen LogP contribution in [0.3, 0.4) is 0 Å². The third-order valence-electron chi connectivity index (χ3n) is 6.06. The number of carbonyl (C=O) groups is 1. The highest BCUT2D eigenvalue weighted by atomic mass is 16.5. The lowest BCUT2D eigenvalue weighted by Gasteiger charge is -2.40. The molecule has 0 aliphatic carbocycles. The highest BCUT2D eigenvalue weighted by Gasteiger charge is 2.30. The minimum atomic E-state index is -0.167. The molecule has 4 rings (SSSR count). The Morgan fingerprint density at radius 1 is 1.07 bits per heavy atom. The first kappa shape index (κ1) is 19.6. The zero-order valence-electron chi connectivity index (χ0n) is 17.1. The first-order chi connectivity index (χ1) is 13.5. The molecule has 7 heteroatoms. The monoisotopic (exact) mass is 388 g/mol. The average molecular weight is 389 g/mol. The van der Waals surface area contributed by atoms with E-state index in [9.17, 15) is 4.79 Å². The standard InChI is InChI=1S/C21H32N4O3/c1-21(2)16-25(11-14-28-21)19-4-3-17(15-22-19)20(26)24-7-5-18(6-8-24)23-9-12-27-13-10-23/h3-4,15,18H,5-14,16H2,1-2H3. The van der Waals surface area contributed by atoms with E-state index < -0.39 is 0 Å². The topological polar surface area (TPSA) is 58.1 Å². The lowest BCUT2D eigenvalue weighted by Crippen LogP contribution is -2.50. The van der Waals surface area contributed by atoms with Gasteiger partial charge in [-0.25, -0.2) is 4.98 Å². The van der Waals surface area contributed by atoms with E-state index in [0.29, 0.717) is 18.2 Å².